The summed E-state index contributed by atoms with van der Waals surface area (Å²) in [5.74, 6) is 0.199. The molecule has 1 heterocycles. The summed E-state index contributed by atoms with van der Waals surface area (Å²) in [6, 6.07) is 0.219. The number of hydrogen-bond donors (Lipinski definition) is 2. The minimum atomic E-state index is -0.435. The van der Waals surface area contributed by atoms with Crippen molar-refractivity contribution < 1.29 is 0 Å². The van der Waals surface area contributed by atoms with Crippen LogP contribution in [-0.2, 0) is 14.1 Å². The molecule has 7 nitrogen and oxygen atoms in total. The van der Waals surface area contributed by atoms with Crippen molar-refractivity contribution in [2.45, 2.75) is 32.4 Å². The van der Waals surface area contributed by atoms with Crippen molar-refractivity contribution in [2.24, 2.45) is 25.2 Å². The van der Waals surface area contributed by atoms with Gasteiger partial charge in [-0.3, -0.25) is 9.36 Å². The van der Waals surface area contributed by atoms with Gasteiger partial charge in [0.2, 0.25) is 5.82 Å². The normalized spacial score (nSPS) is 25.6. The fourth-order valence-electron chi connectivity index (χ4n) is 2.16. The molecule has 18 heavy (non-hydrogen) atoms. The molecule has 2 atom stereocenters. The third kappa shape index (κ3) is 1.74. The molecule has 1 aliphatic rings. The highest BCUT2D eigenvalue weighted by atomic mass is 16.2. The Labute approximate surface area is 105 Å². The summed E-state index contributed by atoms with van der Waals surface area (Å²) in [4.78, 5) is 23.4. The van der Waals surface area contributed by atoms with Gasteiger partial charge < -0.3 is 11.1 Å². The van der Waals surface area contributed by atoms with E-state index in [2.05, 4.69) is 10.4 Å². The molecule has 0 aromatic carbocycles. The predicted octanol–water partition coefficient (Wildman–Crippen LogP) is -0.983. The van der Waals surface area contributed by atoms with Crippen LogP contribution in [0.1, 0.15) is 20.3 Å². The van der Waals surface area contributed by atoms with Crippen molar-refractivity contribution in [1.29, 1.82) is 0 Å². The van der Waals surface area contributed by atoms with E-state index in [1.807, 2.05) is 13.8 Å². The largest absolute Gasteiger partial charge is 0.361 e. The second kappa shape index (κ2) is 3.94. The maximum Gasteiger partial charge on any atom is 0.346 e. The van der Waals surface area contributed by atoms with Crippen LogP contribution in [-0.4, -0.2) is 26.4 Å². The maximum atomic E-state index is 11.9. The summed E-state index contributed by atoms with van der Waals surface area (Å²) in [5.41, 5.74) is 5.00. The molecule has 7 heteroatoms. The number of nitrogens with zero attached hydrogens (tertiary/aromatic N) is 3. The van der Waals surface area contributed by atoms with Crippen LogP contribution >= 0.6 is 0 Å². The predicted molar refractivity (Wildman–Crippen MR) is 68.5 cm³/mol. The Morgan fingerprint density at radius 2 is 2.00 bits per heavy atom. The minimum absolute atomic E-state index is 0.0819. The van der Waals surface area contributed by atoms with E-state index in [1.54, 1.807) is 0 Å². The molecule has 0 amide bonds. The van der Waals surface area contributed by atoms with Crippen LogP contribution in [0.25, 0.3) is 0 Å². The molecule has 3 N–H and O–H groups in total. The molecule has 1 aromatic heterocycles. The van der Waals surface area contributed by atoms with Crippen molar-refractivity contribution in [2.75, 3.05) is 5.32 Å². The Balaban J connectivity index is 2.32. The summed E-state index contributed by atoms with van der Waals surface area (Å²) in [5, 5.41) is 7.06. The fraction of sp³-hybridized carbons (Fsp3) is 0.727. The van der Waals surface area contributed by atoms with Crippen LogP contribution < -0.4 is 22.3 Å². The van der Waals surface area contributed by atoms with E-state index in [-0.39, 0.29) is 23.3 Å². The van der Waals surface area contributed by atoms with Crippen molar-refractivity contribution >= 4 is 5.82 Å². The quantitative estimate of drug-likeness (QED) is 0.706. The number of hydrogen-bond acceptors (Lipinski definition) is 5. The Bertz CT molecular complexity index is 586. The molecule has 0 radical (unpaired) electrons. The standard InChI is InChI=1S/C11H19N5O2/c1-11(2)6(12)5-7(11)13-8-9(17)15(3)10(18)16(4)14-8/h6-7H,5,12H2,1-4H3,(H,13,14). The first-order valence-corrected chi connectivity index (χ1v) is 5.91. The smallest absolute Gasteiger partial charge is 0.346 e. The van der Waals surface area contributed by atoms with Gasteiger partial charge in [-0.2, -0.15) is 0 Å². The van der Waals surface area contributed by atoms with Crippen LogP contribution in [0.3, 0.4) is 0 Å². The fourth-order valence-corrected chi connectivity index (χ4v) is 2.16. The molecule has 100 valence electrons. The molecular weight excluding hydrogens is 234 g/mol. The lowest BCUT2D eigenvalue weighted by Gasteiger charge is -2.50. The maximum absolute atomic E-state index is 11.9. The highest BCUT2D eigenvalue weighted by Gasteiger charge is 2.46. The molecule has 0 aliphatic heterocycles. The third-order valence-electron chi connectivity index (χ3n) is 3.98. The zero-order valence-corrected chi connectivity index (χ0v) is 11.1. The van der Waals surface area contributed by atoms with Gasteiger partial charge in [-0.1, -0.05) is 13.8 Å². The van der Waals surface area contributed by atoms with Gasteiger partial charge in [0.15, 0.2) is 0 Å². The van der Waals surface area contributed by atoms with Crippen LogP contribution in [0.2, 0.25) is 0 Å². The topological polar surface area (TPSA) is 94.9 Å². The SMILES string of the molecule is Cn1nc(NC2CC(N)C2(C)C)c(=O)n(C)c1=O. The lowest BCUT2D eigenvalue weighted by atomic mass is 9.63. The van der Waals surface area contributed by atoms with Crippen molar-refractivity contribution in [3.8, 4) is 0 Å². The van der Waals surface area contributed by atoms with Gasteiger partial charge >= 0.3 is 5.69 Å². The zero-order valence-electron chi connectivity index (χ0n) is 11.1. The molecular formula is C11H19N5O2. The van der Waals surface area contributed by atoms with Gasteiger partial charge in [0.1, 0.15) is 0 Å². The van der Waals surface area contributed by atoms with Gasteiger partial charge in [0, 0.05) is 31.6 Å². The molecule has 1 fully saturated rings. The van der Waals surface area contributed by atoms with E-state index in [0.29, 0.717) is 0 Å². The third-order valence-corrected chi connectivity index (χ3v) is 3.98. The second-order valence-electron chi connectivity index (χ2n) is 5.48. The van der Waals surface area contributed by atoms with E-state index >= 15 is 0 Å². The van der Waals surface area contributed by atoms with Gasteiger partial charge in [-0.15, -0.1) is 5.10 Å². The molecule has 1 aromatic rings. The van der Waals surface area contributed by atoms with E-state index in [1.165, 1.54) is 14.1 Å². The highest BCUT2D eigenvalue weighted by Crippen LogP contribution is 2.40. The minimum Gasteiger partial charge on any atom is -0.361 e. The first kappa shape index (κ1) is 12.8. The monoisotopic (exact) mass is 253 g/mol. The molecule has 0 spiro atoms. The van der Waals surface area contributed by atoms with Crippen LogP contribution in [0.15, 0.2) is 9.59 Å². The second-order valence-corrected chi connectivity index (χ2v) is 5.48. The highest BCUT2D eigenvalue weighted by molar-refractivity contribution is 5.34. The van der Waals surface area contributed by atoms with E-state index in [9.17, 15) is 9.59 Å². The van der Waals surface area contributed by atoms with Crippen molar-refractivity contribution in [1.82, 2.24) is 14.3 Å². The number of aromatic nitrogens is 3. The number of nitrogens with one attached hydrogen (secondary N) is 1. The lowest BCUT2D eigenvalue weighted by molar-refractivity contribution is 0.116. The Morgan fingerprint density at radius 1 is 1.39 bits per heavy atom. The Kier molecular flexibility index (Phi) is 2.81. The van der Waals surface area contributed by atoms with E-state index < -0.39 is 11.2 Å². The molecule has 2 rings (SSSR count). The molecule has 0 bridgehead atoms. The average Bonchev–Trinajstić information content (AvgIpc) is 2.32. The van der Waals surface area contributed by atoms with E-state index in [4.69, 9.17) is 5.73 Å². The Morgan fingerprint density at radius 3 is 2.50 bits per heavy atom. The first-order chi connectivity index (χ1) is 8.25. The summed E-state index contributed by atoms with van der Waals surface area (Å²) in [7, 11) is 2.96. The van der Waals surface area contributed by atoms with Gasteiger partial charge in [0.05, 0.1) is 0 Å². The van der Waals surface area contributed by atoms with Crippen LogP contribution in [0.5, 0.6) is 0 Å². The van der Waals surface area contributed by atoms with Gasteiger partial charge in [-0.25, -0.2) is 9.48 Å². The zero-order chi connectivity index (χ0) is 13.7. The van der Waals surface area contributed by atoms with Crippen LogP contribution in [0.4, 0.5) is 5.82 Å². The lowest BCUT2D eigenvalue weighted by Crippen LogP contribution is -2.61. The number of anilines is 1. The number of nitrogens with two attached hydrogens (primary N) is 1. The first-order valence-electron chi connectivity index (χ1n) is 5.91. The summed E-state index contributed by atoms with van der Waals surface area (Å²) in [6.45, 7) is 4.09. The van der Waals surface area contributed by atoms with Gasteiger partial charge in [-0.05, 0) is 6.42 Å². The van der Waals surface area contributed by atoms with Crippen LogP contribution in [0, 0.1) is 5.41 Å². The number of aryl methyl sites for hydroxylation is 1. The number of rotatable bonds is 2. The Hall–Kier alpha value is -1.63. The summed E-state index contributed by atoms with van der Waals surface area (Å²) >= 11 is 0. The van der Waals surface area contributed by atoms with Gasteiger partial charge in [0.25, 0.3) is 5.56 Å². The molecule has 2 unspecified atom stereocenters. The van der Waals surface area contributed by atoms with Crippen molar-refractivity contribution in [3.63, 3.8) is 0 Å². The average molecular weight is 253 g/mol. The summed E-state index contributed by atoms with van der Waals surface area (Å²) in [6.07, 6.45) is 0.792. The molecule has 1 saturated carbocycles. The summed E-state index contributed by atoms with van der Waals surface area (Å²) < 4.78 is 2.19. The van der Waals surface area contributed by atoms with E-state index in [0.717, 1.165) is 15.7 Å². The molecule has 0 saturated heterocycles. The molecule has 1 aliphatic carbocycles. The van der Waals surface area contributed by atoms with Crippen molar-refractivity contribution in [3.05, 3.63) is 20.8 Å².